The minimum atomic E-state index is 0.246. The molecule has 0 saturated heterocycles. The van der Waals surface area contributed by atoms with Crippen LogP contribution in [0.15, 0.2) is 18.2 Å². The first kappa shape index (κ1) is 11.2. The molecule has 0 amide bonds. The first-order valence-electron chi connectivity index (χ1n) is 5.09. The monoisotopic (exact) mass is 193 g/mol. The lowest BCUT2D eigenvalue weighted by Gasteiger charge is -2.16. The van der Waals surface area contributed by atoms with Crippen LogP contribution in [-0.2, 0) is 4.84 Å². The van der Waals surface area contributed by atoms with Gasteiger partial charge in [-0.25, -0.2) is 0 Å². The van der Waals surface area contributed by atoms with Gasteiger partial charge in [0.1, 0.15) is 0 Å². The first-order chi connectivity index (χ1) is 6.65. The summed E-state index contributed by atoms with van der Waals surface area (Å²) in [6, 6.07) is 6.73. The molecule has 2 nitrogen and oxygen atoms in total. The Morgan fingerprint density at radius 1 is 1.36 bits per heavy atom. The molecule has 1 aromatic rings. The average molecular weight is 193 g/mol. The van der Waals surface area contributed by atoms with E-state index in [2.05, 4.69) is 44.5 Å². The zero-order chi connectivity index (χ0) is 10.6. The molecule has 1 atom stereocenters. The van der Waals surface area contributed by atoms with Crippen molar-refractivity contribution in [2.75, 3.05) is 6.61 Å². The first-order valence-corrected chi connectivity index (χ1v) is 5.09. The van der Waals surface area contributed by atoms with E-state index in [0.717, 1.165) is 0 Å². The Balaban J connectivity index is 2.74. The van der Waals surface area contributed by atoms with E-state index < -0.39 is 0 Å². The second-order valence-corrected chi connectivity index (χ2v) is 3.63. The van der Waals surface area contributed by atoms with Crippen LogP contribution in [0.1, 0.15) is 36.6 Å². The molecule has 0 saturated carbocycles. The summed E-state index contributed by atoms with van der Waals surface area (Å²) < 4.78 is 0. The predicted molar refractivity (Wildman–Crippen MR) is 59.1 cm³/mol. The van der Waals surface area contributed by atoms with Crippen LogP contribution < -0.4 is 5.48 Å². The van der Waals surface area contributed by atoms with Gasteiger partial charge in [0, 0.05) is 0 Å². The summed E-state index contributed by atoms with van der Waals surface area (Å²) in [5.41, 5.74) is 6.91. The molecule has 0 heterocycles. The molecule has 1 aromatic carbocycles. The van der Waals surface area contributed by atoms with Gasteiger partial charge in [-0.05, 0) is 38.8 Å². The third-order valence-corrected chi connectivity index (χ3v) is 2.30. The lowest BCUT2D eigenvalue weighted by molar-refractivity contribution is 0.0283. The van der Waals surface area contributed by atoms with E-state index in [9.17, 15) is 0 Å². The van der Waals surface area contributed by atoms with Crippen molar-refractivity contribution in [2.24, 2.45) is 0 Å². The third kappa shape index (κ3) is 2.82. The van der Waals surface area contributed by atoms with Crippen LogP contribution in [0.4, 0.5) is 0 Å². The second kappa shape index (κ2) is 5.13. The number of hydrogen-bond acceptors (Lipinski definition) is 2. The number of hydroxylamine groups is 1. The Kier molecular flexibility index (Phi) is 4.11. The van der Waals surface area contributed by atoms with Crippen molar-refractivity contribution < 1.29 is 4.84 Å². The van der Waals surface area contributed by atoms with Gasteiger partial charge in [-0.15, -0.1) is 0 Å². The maximum atomic E-state index is 5.18. The highest BCUT2D eigenvalue weighted by atomic mass is 16.6. The summed E-state index contributed by atoms with van der Waals surface area (Å²) in [5.74, 6) is 0. The van der Waals surface area contributed by atoms with Crippen LogP contribution in [0.2, 0.25) is 0 Å². The largest absolute Gasteiger partial charge is 0.302 e. The maximum absolute atomic E-state index is 5.18. The lowest BCUT2D eigenvalue weighted by atomic mass is 10.0. The van der Waals surface area contributed by atoms with E-state index in [4.69, 9.17) is 4.84 Å². The molecule has 1 N–H and O–H groups in total. The lowest BCUT2D eigenvalue weighted by Crippen LogP contribution is -2.19. The Bertz CT molecular complexity index is 296. The molecule has 1 unspecified atom stereocenters. The van der Waals surface area contributed by atoms with E-state index in [1.54, 1.807) is 0 Å². The minimum absolute atomic E-state index is 0.246. The number of nitrogens with one attached hydrogen (secondary N) is 1. The Morgan fingerprint density at radius 2 is 2.07 bits per heavy atom. The van der Waals surface area contributed by atoms with Gasteiger partial charge in [0.25, 0.3) is 0 Å². The smallest absolute Gasteiger partial charge is 0.0654 e. The predicted octanol–water partition coefficient (Wildman–Crippen LogP) is 2.91. The fraction of sp³-hybridized carbons (Fsp3) is 0.500. The molecule has 0 spiro atoms. The molecular formula is C12H19NO. The van der Waals surface area contributed by atoms with Gasteiger partial charge in [0.2, 0.25) is 0 Å². The van der Waals surface area contributed by atoms with Gasteiger partial charge in [0.15, 0.2) is 0 Å². The van der Waals surface area contributed by atoms with E-state index in [1.807, 2.05) is 6.92 Å². The zero-order valence-electron chi connectivity index (χ0n) is 9.42. The van der Waals surface area contributed by atoms with Crippen molar-refractivity contribution in [3.05, 3.63) is 34.9 Å². The van der Waals surface area contributed by atoms with Crippen LogP contribution >= 0.6 is 0 Å². The SMILES string of the molecule is CCONC(C)c1ccc(C)cc1C. The van der Waals surface area contributed by atoms with Crippen molar-refractivity contribution in [1.82, 2.24) is 5.48 Å². The quantitative estimate of drug-likeness (QED) is 0.742. The average Bonchev–Trinajstić information content (AvgIpc) is 2.14. The molecule has 0 radical (unpaired) electrons. The molecule has 0 aromatic heterocycles. The molecule has 1 rings (SSSR count). The number of benzene rings is 1. The third-order valence-electron chi connectivity index (χ3n) is 2.30. The van der Waals surface area contributed by atoms with Crippen LogP contribution in [0.25, 0.3) is 0 Å². The fourth-order valence-corrected chi connectivity index (χ4v) is 1.58. The van der Waals surface area contributed by atoms with Gasteiger partial charge >= 0.3 is 0 Å². The van der Waals surface area contributed by atoms with Crippen molar-refractivity contribution >= 4 is 0 Å². The van der Waals surface area contributed by atoms with E-state index in [-0.39, 0.29) is 6.04 Å². The number of hydrogen-bond donors (Lipinski definition) is 1. The van der Waals surface area contributed by atoms with Crippen molar-refractivity contribution in [3.63, 3.8) is 0 Å². The summed E-state index contributed by atoms with van der Waals surface area (Å²) in [7, 11) is 0. The molecule has 14 heavy (non-hydrogen) atoms. The van der Waals surface area contributed by atoms with Crippen LogP contribution in [0, 0.1) is 13.8 Å². The van der Waals surface area contributed by atoms with Gasteiger partial charge in [0.05, 0.1) is 12.6 Å². The number of rotatable bonds is 4. The van der Waals surface area contributed by atoms with Crippen molar-refractivity contribution in [3.8, 4) is 0 Å². The van der Waals surface area contributed by atoms with Crippen molar-refractivity contribution in [1.29, 1.82) is 0 Å². The summed E-state index contributed by atoms with van der Waals surface area (Å²) in [4.78, 5) is 5.18. The summed E-state index contributed by atoms with van der Waals surface area (Å²) in [5, 5.41) is 0. The standard InChI is InChI=1S/C12H19NO/c1-5-14-13-11(4)12-7-6-9(2)8-10(12)3/h6-8,11,13H,5H2,1-4H3. The fourth-order valence-electron chi connectivity index (χ4n) is 1.58. The summed E-state index contributed by atoms with van der Waals surface area (Å²) >= 11 is 0. The molecule has 0 aliphatic rings. The van der Waals surface area contributed by atoms with E-state index in [1.165, 1.54) is 16.7 Å². The highest BCUT2D eigenvalue weighted by molar-refractivity contribution is 5.32. The summed E-state index contributed by atoms with van der Waals surface area (Å²) in [6.07, 6.45) is 0. The zero-order valence-corrected chi connectivity index (χ0v) is 9.42. The molecule has 2 heteroatoms. The maximum Gasteiger partial charge on any atom is 0.0654 e. The van der Waals surface area contributed by atoms with Gasteiger partial charge in [-0.1, -0.05) is 23.8 Å². The molecule has 0 bridgehead atoms. The van der Waals surface area contributed by atoms with Crippen molar-refractivity contribution in [2.45, 2.75) is 33.7 Å². The van der Waals surface area contributed by atoms with Gasteiger partial charge < -0.3 is 4.84 Å². The Hall–Kier alpha value is -0.860. The van der Waals surface area contributed by atoms with Gasteiger partial charge in [-0.2, -0.15) is 5.48 Å². The molecule has 78 valence electrons. The Morgan fingerprint density at radius 3 is 2.64 bits per heavy atom. The number of aryl methyl sites for hydroxylation is 2. The van der Waals surface area contributed by atoms with E-state index >= 15 is 0 Å². The highest BCUT2D eigenvalue weighted by Gasteiger charge is 2.07. The van der Waals surface area contributed by atoms with Crippen LogP contribution in [0.5, 0.6) is 0 Å². The Labute approximate surface area is 86.2 Å². The normalized spacial score (nSPS) is 12.9. The topological polar surface area (TPSA) is 21.3 Å². The molecule has 0 aliphatic carbocycles. The molecule has 0 fully saturated rings. The van der Waals surface area contributed by atoms with E-state index in [0.29, 0.717) is 6.61 Å². The van der Waals surface area contributed by atoms with Crippen LogP contribution in [-0.4, -0.2) is 6.61 Å². The minimum Gasteiger partial charge on any atom is -0.302 e. The molecule has 0 aliphatic heterocycles. The molecular weight excluding hydrogens is 174 g/mol. The summed E-state index contributed by atoms with van der Waals surface area (Å²) in [6.45, 7) is 9.01. The van der Waals surface area contributed by atoms with Gasteiger partial charge in [-0.3, -0.25) is 0 Å². The second-order valence-electron chi connectivity index (χ2n) is 3.63. The highest BCUT2D eigenvalue weighted by Crippen LogP contribution is 2.18. The van der Waals surface area contributed by atoms with Crippen LogP contribution in [0.3, 0.4) is 0 Å².